The molecule has 3 aromatic carbocycles. The van der Waals surface area contributed by atoms with Crippen LogP contribution in [0.25, 0.3) is 0 Å². The van der Waals surface area contributed by atoms with E-state index in [1.165, 1.54) is 0 Å². The molecule has 4 nitrogen and oxygen atoms in total. The number of anilines is 1. The molecule has 0 spiro atoms. The van der Waals surface area contributed by atoms with Gasteiger partial charge in [0.2, 0.25) is 0 Å². The summed E-state index contributed by atoms with van der Waals surface area (Å²) in [6.07, 6.45) is 0.635. The van der Waals surface area contributed by atoms with Crippen LogP contribution in [0.5, 0.6) is 0 Å². The predicted molar refractivity (Wildman–Crippen MR) is 136 cm³/mol. The first kappa shape index (κ1) is 27.6. The van der Waals surface area contributed by atoms with Crippen LogP contribution in [0.2, 0.25) is 0 Å². The molecular weight excluding hydrogens is 382 g/mol. The molecule has 166 valence electrons. The largest absolute Gasteiger partial charge is 0.339 e. The van der Waals surface area contributed by atoms with Crippen molar-refractivity contribution in [3.05, 3.63) is 102 Å². The number of carbonyl (C=O) groups is 1. The highest BCUT2D eigenvalue weighted by Crippen LogP contribution is 2.09. The Morgan fingerprint density at radius 2 is 1.13 bits per heavy atom. The first-order chi connectivity index (χ1) is 15.3. The highest BCUT2D eigenvalue weighted by Gasteiger charge is 2.07. The smallest absolute Gasteiger partial charge is 0.307 e. The average Bonchev–Trinajstić information content (AvgIpc) is 2.87. The summed E-state index contributed by atoms with van der Waals surface area (Å²) in [4.78, 5) is 12.1. The van der Waals surface area contributed by atoms with E-state index in [1.807, 2.05) is 133 Å². The number of rotatable bonds is 5. The molecule has 4 heteroatoms. The zero-order valence-corrected chi connectivity index (χ0v) is 19.7. The third kappa shape index (κ3) is 11.4. The topological polar surface area (TPSA) is 53.5 Å². The Morgan fingerprint density at radius 1 is 0.677 bits per heavy atom. The number of hydrogen-bond acceptors (Lipinski definition) is 2. The summed E-state index contributed by atoms with van der Waals surface area (Å²) in [5.41, 5.74) is 6.22. The van der Waals surface area contributed by atoms with Crippen molar-refractivity contribution in [3.8, 4) is 0 Å². The van der Waals surface area contributed by atoms with Gasteiger partial charge in [-0.2, -0.15) is 5.10 Å². The Kier molecular flexibility index (Phi) is 16.6. The summed E-state index contributed by atoms with van der Waals surface area (Å²) in [5, 5.41) is 7.10. The SMILES string of the molecule is CC.CC.CC.O=C(N/N=C(/Cc1ccccc1)c1ccccc1)Nc1ccccc1. The number of nitrogens with one attached hydrogen (secondary N) is 2. The molecule has 31 heavy (non-hydrogen) atoms. The molecule has 0 aliphatic carbocycles. The van der Waals surface area contributed by atoms with Crippen LogP contribution in [0.4, 0.5) is 10.5 Å². The molecule has 2 N–H and O–H groups in total. The van der Waals surface area contributed by atoms with Crippen LogP contribution in [0, 0.1) is 0 Å². The number of hydrazone groups is 1. The summed E-state index contributed by atoms with van der Waals surface area (Å²) in [6.45, 7) is 12.0. The molecule has 0 aromatic heterocycles. The lowest BCUT2D eigenvalue weighted by Gasteiger charge is -2.09. The number of amides is 2. The van der Waals surface area contributed by atoms with Crippen molar-refractivity contribution >= 4 is 17.4 Å². The molecule has 0 aliphatic rings. The van der Waals surface area contributed by atoms with Gasteiger partial charge < -0.3 is 5.32 Å². The molecule has 0 fully saturated rings. The van der Waals surface area contributed by atoms with E-state index in [-0.39, 0.29) is 6.03 Å². The molecule has 0 saturated carbocycles. The van der Waals surface area contributed by atoms with Crippen molar-refractivity contribution in [2.45, 2.75) is 48.0 Å². The molecule has 3 rings (SSSR count). The molecule has 0 saturated heterocycles. The van der Waals surface area contributed by atoms with Gasteiger partial charge in [-0.15, -0.1) is 0 Å². The van der Waals surface area contributed by atoms with Crippen molar-refractivity contribution < 1.29 is 4.79 Å². The average molecular weight is 420 g/mol. The van der Waals surface area contributed by atoms with Crippen LogP contribution >= 0.6 is 0 Å². The van der Waals surface area contributed by atoms with Crippen LogP contribution in [0.15, 0.2) is 96.1 Å². The third-order valence-corrected chi connectivity index (χ3v) is 3.65. The molecule has 0 radical (unpaired) electrons. The van der Waals surface area contributed by atoms with Gasteiger partial charge in [-0.05, 0) is 23.3 Å². The predicted octanol–water partition coefficient (Wildman–Crippen LogP) is 7.53. The lowest BCUT2D eigenvalue weighted by atomic mass is 10.0. The quantitative estimate of drug-likeness (QED) is 0.326. The summed E-state index contributed by atoms with van der Waals surface area (Å²) < 4.78 is 0. The Hall–Kier alpha value is -3.40. The van der Waals surface area contributed by atoms with E-state index < -0.39 is 0 Å². The van der Waals surface area contributed by atoms with E-state index in [4.69, 9.17) is 0 Å². The summed E-state index contributed by atoms with van der Waals surface area (Å²) >= 11 is 0. The third-order valence-electron chi connectivity index (χ3n) is 3.65. The van der Waals surface area contributed by atoms with Gasteiger partial charge in [0.15, 0.2) is 0 Å². The van der Waals surface area contributed by atoms with E-state index in [9.17, 15) is 4.79 Å². The molecule has 0 unspecified atom stereocenters. The second kappa shape index (κ2) is 18.6. The number of para-hydroxylation sites is 1. The Labute approximate surface area is 188 Å². The lowest BCUT2D eigenvalue weighted by Crippen LogP contribution is -2.26. The molecule has 2 amide bonds. The van der Waals surface area contributed by atoms with Gasteiger partial charge in [0.05, 0.1) is 5.71 Å². The van der Waals surface area contributed by atoms with Crippen LogP contribution in [-0.4, -0.2) is 11.7 Å². The highest BCUT2D eigenvalue weighted by molar-refractivity contribution is 6.02. The normalized spacial score (nSPS) is 9.42. The maximum atomic E-state index is 12.1. The van der Waals surface area contributed by atoms with Crippen LogP contribution < -0.4 is 10.7 Å². The molecule has 0 heterocycles. The molecule has 3 aromatic rings. The maximum Gasteiger partial charge on any atom is 0.339 e. The zero-order chi connectivity index (χ0) is 23.3. The van der Waals surface area contributed by atoms with Gasteiger partial charge in [0.25, 0.3) is 0 Å². The van der Waals surface area contributed by atoms with Gasteiger partial charge >= 0.3 is 6.03 Å². The maximum absolute atomic E-state index is 12.1. The van der Waals surface area contributed by atoms with Crippen LogP contribution in [-0.2, 0) is 6.42 Å². The Morgan fingerprint density at radius 3 is 1.65 bits per heavy atom. The fourth-order valence-electron chi connectivity index (χ4n) is 2.42. The van der Waals surface area contributed by atoms with Crippen LogP contribution in [0.1, 0.15) is 52.7 Å². The summed E-state index contributed by atoms with van der Waals surface area (Å²) in [7, 11) is 0. The minimum Gasteiger partial charge on any atom is -0.307 e. The first-order valence-corrected chi connectivity index (χ1v) is 11.1. The Bertz CT molecular complexity index is 832. The van der Waals surface area contributed by atoms with Gasteiger partial charge in [0.1, 0.15) is 0 Å². The second-order valence-electron chi connectivity index (χ2n) is 5.52. The van der Waals surface area contributed by atoms with E-state index in [2.05, 4.69) is 15.8 Å². The van der Waals surface area contributed by atoms with Gasteiger partial charge in [-0.1, -0.05) is 120 Å². The van der Waals surface area contributed by atoms with Gasteiger partial charge in [-0.3, -0.25) is 0 Å². The number of urea groups is 1. The van der Waals surface area contributed by atoms with E-state index in [1.54, 1.807) is 0 Å². The molecule has 0 atom stereocenters. The van der Waals surface area contributed by atoms with Gasteiger partial charge in [-0.25, -0.2) is 10.2 Å². The van der Waals surface area contributed by atoms with Crippen molar-refractivity contribution in [2.24, 2.45) is 5.10 Å². The highest BCUT2D eigenvalue weighted by atomic mass is 16.2. The standard InChI is InChI=1S/C21H19N3O.3C2H6/c25-21(22-19-14-8-3-9-15-19)24-23-20(18-12-6-2-7-13-18)16-17-10-4-1-5-11-17;3*1-2/h1-15H,16H2,(H2,22,24,25);3*1-2H3/b23-20-;;;. The fraction of sp³-hybridized carbons (Fsp3) is 0.259. The van der Waals surface area contributed by atoms with Crippen molar-refractivity contribution in [1.29, 1.82) is 0 Å². The van der Waals surface area contributed by atoms with Crippen molar-refractivity contribution in [3.63, 3.8) is 0 Å². The molecule has 0 bridgehead atoms. The minimum absolute atomic E-state index is 0.368. The lowest BCUT2D eigenvalue weighted by molar-refractivity contribution is 0.252. The number of hydrogen-bond donors (Lipinski definition) is 2. The first-order valence-electron chi connectivity index (χ1n) is 11.1. The minimum atomic E-state index is -0.368. The van der Waals surface area contributed by atoms with E-state index >= 15 is 0 Å². The number of benzene rings is 3. The van der Waals surface area contributed by atoms with Gasteiger partial charge in [0, 0.05) is 12.1 Å². The monoisotopic (exact) mass is 419 g/mol. The Balaban J connectivity index is 0.00000138. The zero-order valence-electron chi connectivity index (χ0n) is 19.7. The molecular formula is C27H37N3O. The molecule has 0 aliphatic heterocycles. The summed E-state index contributed by atoms with van der Waals surface area (Å²) in [5.74, 6) is 0. The van der Waals surface area contributed by atoms with Crippen molar-refractivity contribution in [1.82, 2.24) is 5.43 Å². The van der Waals surface area contributed by atoms with Crippen molar-refractivity contribution in [2.75, 3.05) is 5.32 Å². The van der Waals surface area contributed by atoms with E-state index in [0.717, 1.165) is 22.5 Å². The fourth-order valence-corrected chi connectivity index (χ4v) is 2.42. The second-order valence-corrected chi connectivity index (χ2v) is 5.52. The number of nitrogens with zero attached hydrogens (tertiary/aromatic N) is 1. The van der Waals surface area contributed by atoms with E-state index in [0.29, 0.717) is 6.42 Å². The van der Waals surface area contributed by atoms with Crippen LogP contribution in [0.3, 0.4) is 0 Å². The number of carbonyl (C=O) groups excluding carboxylic acids is 1. The summed E-state index contributed by atoms with van der Waals surface area (Å²) in [6, 6.07) is 28.8.